The second-order valence-corrected chi connectivity index (χ2v) is 7.07. The van der Waals surface area contributed by atoms with Gasteiger partial charge in [-0.25, -0.2) is 19.9 Å². The van der Waals surface area contributed by atoms with Crippen molar-refractivity contribution in [3.8, 4) is 11.3 Å². The lowest BCUT2D eigenvalue weighted by molar-refractivity contribution is 0.0989. The number of nitrogens with two attached hydrogens (primary N) is 2. The molecule has 148 valence electrons. The summed E-state index contributed by atoms with van der Waals surface area (Å²) < 4.78 is 0. The van der Waals surface area contributed by atoms with Crippen molar-refractivity contribution in [2.45, 2.75) is 25.3 Å². The molecule has 0 amide bonds. The van der Waals surface area contributed by atoms with E-state index in [1.54, 1.807) is 24.8 Å². The molecule has 1 atom stereocenters. The van der Waals surface area contributed by atoms with Crippen LogP contribution in [0, 0.1) is 0 Å². The third kappa shape index (κ3) is 4.19. The maximum atomic E-state index is 13.0. The van der Waals surface area contributed by atoms with Gasteiger partial charge in [-0.3, -0.25) is 9.78 Å². The first-order chi connectivity index (χ1) is 14.1. The number of ketones is 1. The number of carbonyl (C=O) groups is 1. The van der Waals surface area contributed by atoms with Gasteiger partial charge in [0.1, 0.15) is 12.0 Å². The molecule has 1 aliphatic heterocycles. The molecule has 9 heteroatoms. The maximum absolute atomic E-state index is 13.0. The van der Waals surface area contributed by atoms with Gasteiger partial charge in [0.15, 0.2) is 11.6 Å². The lowest BCUT2D eigenvalue weighted by Crippen LogP contribution is -2.43. The Kier molecular flexibility index (Phi) is 5.39. The fraction of sp³-hybridized carbons (Fsp3) is 0.300. The van der Waals surface area contributed by atoms with E-state index in [9.17, 15) is 4.79 Å². The number of hydrogen-bond donors (Lipinski definition) is 2. The molecule has 1 unspecified atom stereocenters. The summed E-state index contributed by atoms with van der Waals surface area (Å²) >= 11 is 0. The molecule has 0 radical (unpaired) electrons. The van der Waals surface area contributed by atoms with Crippen molar-refractivity contribution in [2.75, 3.05) is 23.7 Å². The zero-order valence-corrected chi connectivity index (χ0v) is 15.9. The minimum atomic E-state index is -0.218. The SMILES string of the molecule is Nc1ncc(-c2cncnc2)nc1C(=O)Cc1cnccc1N1CCCC(N)C1. The first kappa shape index (κ1) is 18.9. The molecule has 4 rings (SSSR count). The van der Waals surface area contributed by atoms with Gasteiger partial charge in [-0.2, -0.15) is 0 Å². The van der Waals surface area contributed by atoms with Crippen molar-refractivity contribution >= 4 is 17.3 Å². The highest BCUT2D eigenvalue weighted by Gasteiger charge is 2.22. The number of nitrogen functional groups attached to an aromatic ring is 1. The summed E-state index contributed by atoms with van der Waals surface area (Å²) in [6.45, 7) is 1.67. The molecule has 4 heterocycles. The summed E-state index contributed by atoms with van der Waals surface area (Å²) in [5, 5.41) is 0. The molecule has 0 spiro atoms. The minimum Gasteiger partial charge on any atom is -0.382 e. The number of piperidine rings is 1. The van der Waals surface area contributed by atoms with Gasteiger partial charge in [0.25, 0.3) is 0 Å². The lowest BCUT2D eigenvalue weighted by atomic mass is 10.0. The highest BCUT2D eigenvalue weighted by atomic mass is 16.1. The molecule has 4 N–H and O–H groups in total. The molecule has 3 aromatic rings. The average molecular weight is 390 g/mol. The summed E-state index contributed by atoms with van der Waals surface area (Å²) in [6, 6.07) is 2.06. The number of anilines is 2. The number of Topliss-reactive ketones (excluding diaryl/α,β-unsaturated/α-hetero) is 1. The van der Waals surface area contributed by atoms with E-state index in [0.717, 1.165) is 37.2 Å². The van der Waals surface area contributed by atoms with Crippen LogP contribution in [0.25, 0.3) is 11.3 Å². The lowest BCUT2D eigenvalue weighted by Gasteiger charge is -2.33. The van der Waals surface area contributed by atoms with Crippen LogP contribution in [-0.4, -0.2) is 49.8 Å². The molecular formula is C20H22N8O. The van der Waals surface area contributed by atoms with Crippen molar-refractivity contribution in [3.63, 3.8) is 0 Å². The zero-order chi connectivity index (χ0) is 20.2. The van der Waals surface area contributed by atoms with Gasteiger partial charge >= 0.3 is 0 Å². The van der Waals surface area contributed by atoms with Crippen molar-refractivity contribution in [1.82, 2.24) is 24.9 Å². The van der Waals surface area contributed by atoms with Gasteiger partial charge in [0.2, 0.25) is 0 Å². The first-order valence-corrected chi connectivity index (χ1v) is 9.46. The number of hydrogen-bond acceptors (Lipinski definition) is 9. The van der Waals surface area contributed by atoms with Gasteiger partial charge < -0.3 is 16.4 Å². The molecular weight excluding hydrogens is 368 g/mol. The van der Waals surface area contributed by atoms with Crippen molar-refractivity contribution in [2.24, 2.45) is 5.73 Å². The summed E-state index contributed by atoms with van der Waals surface area (Å²) in [6.07, 6.45) is 11.8. The van der Waals surface area contributed by atoms with E-state index < -0.39 is 0 Å². The smallest absolute Gasteiger partial charge is 0.189 e. The van der Waals surface area contributed by atoms with Crippen LogP contribution in [0.15, 0.2) is 43.4 Å². The summed E-state index contributed by atoms with van der Waals surface area (Å²) in [5.74, 6) is -0.120. The van der Waals surface area contributed by atoms with Crippen LogP contribution in [0.1, 0.15) is 28.9 Å². The normalized spacial score (nSPS) is 16.6. The fourth-order valence-electron chi connectivity index (χ4n) is 3.52. The van der Waals surface area contributed by atoms with E-state index >= 15 is 0 Å². The number of nitrogens with zero attached hydrogens (tertiary/aromatic N) is 6. The van der Waals surface area contributed by atoms with Crippen LogP contribution in [0.2, 0.25) is 0 Å². The topological polar surface area (TPSA) is 137 Å². The fourth-order valence-corrected chi connectivity index (χ4v) is 3.52. The van der Waals surface area contributed by atoms with Crippen molar-refractivity contribution in [1.29, 1.82) is 0 Å². The van der Waals surface area contributed by atoms with E-state index in [-0.39, 0.29) is 29.8 Å². The minimum absolute atomic E-state index is 0.0982. The third-order valence-corrected chi connectivity index (χ3v) is 4.95. The second kappa shape index (κ2) is 8.27. The Bertz CT molecular complexity index is 1010. The molecule has 0 aliphatic carbocycles. The predicted octanol–water partition coefficient (Wildman–Crippen LogP) is 1.26. The highest BCUT2D eigenvalue weighted by Crippen LogP contribution is 2.25. The first-order valence-electron chi connectivity index (χ1n) is 9.46. The highest BCUT2D eigenvalue weighted by molar-refractivity contribution is 6.00. The molecule has 1 aliphatic rings. The molecule has 29 heavy (non-hydrogen) atoms. The number of pyridine rings is 1. The molecule has 0 bridgehead atoms. The van der Waals surface area contributed by atoms with E-state index in [2.05, 4.69) is 29.8 Å². The Morgan fingerprint density at radius 2 is 2.00 bits per heavy atom. The van der Waals surface area contributed by atoms with Crippen LogP contribution in [0.5, 0.6) is 0 Å². The summed E-state index contributed by atoms with van der Waals surface area (Å²) in [5.41, 5.74) is 15.2. The standard InChI is InChI=1S/C20H22N8O/c21-15-2-1-5-28(11-15)17-3-4-23-7-13(17)6-18(29)19-20(22)26-10-16(27-19)14-8-24-12-25-9-14/h3-4,7-10,12,15H,1-2,5-6,11,21H2,(H2,22,26). The largest absolute Gasteiger partial charge is 0.382 e. The quantitative estimate of drug-likeness (QED) is 0.617. The summed E-state index contributed by atoms with van der Waals surface area (Å²) in [7, 11) is 0. The molecule has 1 saturated heterocycles. The molecule has 9 nitrogen and oxygen atoms in total. The van der Waals surface area contributed by atoms with E-state index in [1.807, 2.05) is 6.07 Å². The van der Waals surface area contributed by atoms with Crippen LogP contribution in [-0.2, 0) is 6.42 Å². The van der Waals surface area contributed by atoms with E-state index in [1.165, 1.54) is 12.5 Å². The maximum Gasteiger partial charge on any atom is 0.189 e. The Morgan fingerprint density at radius 1 is 1.17 bits per heavy atom. The van der Waals surface area contributed by atoms with Gasteiger partial charge in [-0.1, -0.05) is 0 Å². The van der Waals surface area contributed by atoms with Crippen LogP contribution < -0.4 is 16.4 Å². The zero-order valence-electron chi connectivity index (χ0n) is 15.9. The van der Waals surface area contributed by atoms with Gasteiger partial charge in [-0.15, -0.1) is 0 Å². The van der Waals surface area contributed by atoms with Crippen molar-refractivity contribution < 1.29 is 4.79 Å². The van der Waals surface area contributed by atoms with Crippen LogP contribution in [0.3, 0.4) is 0 Å². The molecule has 0 saturated carbocycles. The number of rotatable bonds is 5. The Balaban J connectivity index is 1.61. The Hall–Kier alpha value is -3.46. The molecule has 1 fully saturated rings. The Morgan fingerprint density at radius 3 is 2.79 bits per heavy atom. The second-order valence-electron chi connectivity index (χ2n) is 7.07. The average Bonchev–Trinajstić information content (AvgIpc) is 2.75. The molecule has 3 aromatic heterocycles. The monoisotopic (exact) mass is 390 g/mol. The van der Waals surface area contributed by atoms with Crippen LogP contribution >= 0.6 is 0 Å². The van der Waals surface area contributed by atoms with Crippen molar-refractivity contribution in [3.05, 3.63) is 54.6 Å². The van der Waals surface area contributed by atoms with Gasteiger partial charge in [0, 0.05) is 67.2 Å². The number of carbonyl (C=O) groups excluding carboxylic acids is 1. The van der Waals surface area contributed by atoms with Gasteiger partial charge in [0.05, 0.1) is 11.9 Å². The number of aromatic nitrogens is 5. The Labute approximate surface area is 168 Å². The van der Waals surface area contributed by atoms with Gasteiger partial charge in [-0.05, 0) is 18.9 Å². The molecule has 0 aromatic carbocycles. The van der Waals surface area contributed by atoms with E-state index in [4.69, 9.17) is 11.5 Å². The van der Waals surface area contributed by atoms with Crippen LogP contribution in [0.4, 0.5) is 11.5 Å². The summed E-state index contributed by atoms with van der Waals surface area (Å²) in [4.78, 5) is 36.0. The predicted molar refractivity (Wildman–Crippen MR) is 109 cm³/mol. The third-order valence-electron chi connectivity index (χ3n) is 4.95. The van der Waals surface area contributed by atoms with E-state index in [0.29, 0.717) is 11.3 Å².